The van der Waals surface area contributed by atoms with Gasteiger partial charge in [0.15, 0.2) is 0 Å². The highest BCUT2D eigenvalue weighted by Gasteiger charge is 2.24. The largest absolute Gasteiger partial charge is 0.396 e. The van der Waals surface area contributed by atoms with Gasteiger partial charge in [0.1, 0.15) is 6.07 Å². The molecule has 92 valence electrons. The number of anilines is 2. The maximum Gasteiger partial charge on any atom is 0.101 e. The number of hydrogen-bond acceptors (Lipinski definition) is 3. The molecule has 17 heavy (non-hydrogen) atoms. The second-order valence-corrected chi connectivity index (χ2v) is 4.34. The minimum absolute atomic E-state index is 0.0716. The van der Waals surface area contributed by atoms with E-state index in [1.807, 2.05) is 12.1 Å². The molecule has 0 bridgehead atoms. The molecule has 1 aromatic rings. The van der Waals surface area contributed by atoms with Gasteiger partial charge in [0, 0.05) is 5.54 Å². The van der Waals surface area contributed by atoms with Crippen molar-refractivity contribution < 1.29 is 0 Å². The smallest absolute Gasteiger partial charge is 0.101 e. The van der Waals surface area contributed by atoms with Gasteiger partial charge < -0.3 is 11.1 Å². The Kier molecular flexibility index (Phi) is 4.39. The monoisotopic (exact) mass is 231 g/mol. The maximum atomic E-state index is 8.96. The predicted molar refractivity (Wildman–Crippen MR) is 72.8 cm³/mol. The number of benzene rings is 1. The summed E-state index contributed by atoms with van der Waals surface area (Å²) in [6.07, 6.45) is 3.11. The molecular formula is C14H21N3. The van der Waals surface area contributed by atoms with Crippen molar-refractivity contribution in [3.8, 4) is 6.07 Å². The zero-order valence-electron chi connectivity index (χ0n) is 10.9. The van der Waals surface area contributed by atoms with Crippen LogP contribution >= 0.6 is 0 Å². The lowest BCUT2D eigenvalue weighted by Gasteiger charge is -2.33. The van der Waals surface area contributed by atoms with Crippen LogP contribution in [0.3, 0.4) is 0 Å². The van der Waals surface area contributed by atoms with E-state index in [1.165, 1.54) is 0 Å². The van der Waals surface area contributed by atoms with Crippen LogP contribution in [0.4, 0.5) is 11.4 Å². The third-order valence-corrected chi connectivity index (χ3v) is 3.66. The van der Waals surface area contributed by atoms with Gasteiger partial charge in [0.05, 0.1) is 16.9 Å². The van der Waals surface area contributed by atoms with Gasteiger partial charge in [-0.1, -0.05) is 26.8 Å². The van der Waals surface area contributed by atoms with Crippen LogP contribution in [-0.4, -0.2) is 5.54 Å². The summed E-state index contributed by atoms with van der Waals surface area (Å²) in [5, 5.41) is 12.5. The van der Waals surface area contributed by atoms with Crippen molar-refractivity contribution in [2.75, 3.05) is 11.1 Å². The highest BCUT2D eigenvalue weighted by Crippen LogP contribution is 2.30. The summed E-state index contributed by atoms with van der Waals surface area (Å²) in [7, 11) is 0. The van der Waals surface area contributed by atoms with Crippen molar-refractivity contribution in [2.45, 2.75) is 45.6 Å². The first-order valence-electron chi connectivity index (χ1n) is 6.19. The molecule has 3 N–H and O–H groups in total. The van der Waals surface area contributed by atoms with Gasteiger partial charge in [-0.05, 0) is 31.4 Å². The normalized spacial score (nSPS) is 10.9. The number of nitrogen functional groups attached to an aromatic ring is 1. The molecule has 0 atom stereocenters. The average Bonchev–Trinajstić information content (AvgIpc) is 2.38. The van der Waals surface area contributed by atoms with E-state index in [4.69, 9.17) is 11.0 Å². The first-order valence-corrected chi connectivity index (χ1v) is 6.19. The first-order chi connectivity index (χ1) is 8.12. The van der Waals surface area contributed by atoms with E-state index in [0.29, 0.717) is 11.3 Å². The Morgan fingerprint density at radius 3 is 2.29 bits per heavy atom. The fourth-order valence-electron chi connectivity index (χ4n) is 2.07. The minimum atomic E-state index is 0.0716. The summed E-state index contributed by atoms with van der Waals surface area (Å²) in [6, 6.07) is 7.65. The molecule has 3 nitrogen and oxygen atoms in total. The molecule has 0 saturated heterocycles. The van der Waals surface area contributed by atoms with E-state index >= 15 is 0 Å². The van der Waals surface area contributed by atoms with Crippen molar-refractivity contribution in [1.29, 1.82) is 5.26 Å². The Balaban J connectivity index is 3.07. The van der Waals surface area contributed by atoms with Crippen LogP contribution in [0.15, 0.2) is 18.2 Å². The van der Waals surface area contributed by atoms with Crippen LogP contribution in [-0.2, 0) is 0 Å². The summed E-state index contributed by atoms with van der Waals surface area (Å²) >= 11 is 0. The Hall–Kier alpha value is -1.69. The van der Waals surface area contributed by atoms with Gasteiger partial charge in [-0.3, -0.25) is 0 Å². The highest BCUT2D eigenvalue weighted by molar-refractivity contribution is 5.73. The van der Waals surface area contributed by atoms with Gasteiger partial charge in [-0.2, -0.15) is 5.26 Å². The Labute approximate surface area is 104 Å². The van der Waals surface area contributed by atoms with Crippen LogP contribution in [0.1, 0.15) is 45.6 Å². The first kappa shape index (κ1) is 13.4. The average molecular weight is 231 g/mol. The highest BCUT2D eigenvalue weighted by atomic mass is 15.0. The molecule has 0 unspecified atom stereocenters. The molecule has 0 fully saturated rings. The lowest BCUT2D eigenvalue weighted by atomic mass is 9.89. The number of para-hydroxylation sites is 1. The van der Waals surface area contributed by atoms with Crippen LogP contribution in [0.25, 0.3) is 0 Å². The van der Waals surface area contributed by atoms with Gasteiger partial charge in [0.25, 0.3) is 0 Å². The third kappa shape index (κ3) is 2.71. The van der Waals surface area contributed by atoms with Gasteiger partial charge >= 0.3 is 0 Å². The topological polar surface area (TPSA) is 61.8 Å². The molecule has 0 saturated carbocycles. The molecule has 0 aliphatic heterocycles. The van der Waals surface area contributed by atoms with E-state index in [9.17, 15) is 0 Å². The summed E-state index contributed by atoms with van der Waals surface area (Å²) in [5.41, 5.74) is 8.01. The molecule has 1 rings (SSSR count). The van der Waals surface area contributed by atoms with Crippen molar-refractivity contribution in [1.82, 2.24) is 0 Å². The molecule has 0 spiro atoms. The SMILES string of the molecule is CCC(CC)(CC)Nc1cccc(C#N)c1N. The molecule has 3 heteroatoms. The maximum absolute atomic E-state index is 8.96. The van der Waals surface area contributed by atoms with Crippen LogP contribution in [0.2, 0.25) is 0 Å². The van der Waals surface area contributed by atoms with Gasteiger partial charge in [-0.25, -0.2) is 0 Å². The number of rotatable bonds is 5. The standard InChI is InChI=1S/C14H21N3/c1-4-14(5-2,6-3)17-12-9-7-8-11(10-15)13(12)16/h7-9,17H,4-6,16H2,1-3H3. The molecule has 0 radical (unpaired) electrons. The number of nitrogens with one attached hydrogen (secondary N) is 1. The van der Waals surface area contributed by atoms with Crippen LogP contribution < -0.4 is 11.1 Å². The van der Waals surface area contributed by atoms with E-state index in [0.717, 1.165) is 24.9 Å². The Morgan fingerprint density at radius 1 is 1.24 bits per heavy atom. The molecule has 0 aliphatic rings. The third-order valence-electron chi connectivity index (χ3n) is 3.66. The quantitative estimate of drug-likeness (QED) is 0.762. The van der Waals surface area contributed by atoms with E-state index < -0.39 is 0 Å². The van der Waals surface area contributed by atoms with Crippen molar-refractivity contribution >= 4 is 11.4 Å². The second kappa shape index (κ2) is 5.58. The lowest BCUT2D eigenvalue weighted by molar-refractivity contribution is 0.420. The summed E-state index contributed by atoms with van der Waals surface area (Å²) in [5.74, 6) is 0. The summed E-state index contributed by atoms with van der Waals surface area (Å²) in [4.78, 5) is 0. The number of hydrogen-bond donors (Lipinski definition) is 2. The molecule has 0 aromatic heterocycles. The fourth-order valence-corrected chi connectivity index (χ4v) is 2.07. The fraction of sp³-hybridized carbons (Fsp3) is 0.500. The summed E-state index contributed by atoms with van der Waals surface area (Å²) < 4.78 is 0. The Morgan fingerprint density at radius 2 is 1.82 bits per heavy atom. The molecule has 0 heterocycles. The van der Waals surface area contributed by atoms with Crippen LogP contribution in [0, 0.1) is 11.3 Å². The summed E-state index contributed by atoms with van der Waals surface area (Å²) in [6.45, 7) is 6.51. The second-order valence-electron chi connectivity index (χ2n) is 4.34. The van der Waals surface area contributed by atoms with E-state index in [-0.39, 0.29) is 5.54 Å². The van der Waals surface area contributed by atoms with E-state index in [1.54, 1.807) is 6.07 Å². The minimum Gasteiger partial charge on any atom is -0.396 e. The molecule has 0 amide bonds. The molecule has 0 aliphatic carbocycles. The lowest BCUT2D eigenvalue weighted by Crippen LogP contribution is -2.36. The van der Waals surface area contributed by atoms with Crippen molar-refractivity contribution in [3.63, 3.8) is 0 Å². The zero-order chi connectivity index (χ0) is 12.9. The zero-order valence-corrected chi connectivity index (χ0v) is 10.9. The van der Waals surface area contributed by atoms with Gasteiger partial charge in [0.2, 0.25) is 0 Å². The van der Waals surface area contributed by atoms with Crippen molar-refractivity contribution in [3.05, 3.63) is 23.8 Å². The Bertz CT molecular complexity index is 406. The van der Waals surface area contributed by atoms with Crippen LogP contribution in [0.5, 0.6) is 0 Å². The van der Waals surface area contributed by atoms with Crippen molar-refractivity contribution in [2.24, 2.45) is 0 Å². The number of nitriles is 1. The van der Waals surface area contributed by atoms with Gasteiger partial charge in [-0.15, -0.1) is 0 Å². The molecule has 1 aromatic carbocycles. The predicted octanol–water partition coefficient (Wildman–Crippen LogP) is 3.52. The van der Waals surface area contributed by atoms with E-state index in [2.05, 4.69) is 32.2 Å². The number of nitrogens with two attached hydrogens (primary N) is 1. The number of nitrogens with zero attached hydrogens (tertiary/aromatic N) is 1. The molecular weight excluding hydrogens is 210 g/mol.